The molecule has 0 aliphatic heterocycles. The third-order valence-corrected chi connectivity index (χ3v) is 1.93. The first-order valence-electron chi connectivity index (χ1n) is 4.12. The molecule has 0 aromatic heterocycles. The SMILES string of the molecule is C[C](C)([AlH2])Cc1ccccc1.F. The molecule has 0 heterocycles. The van der Waals surface area contributed by atoms with Gasteiger partial charge in [-0.3, -0.25) is 4.70 Å². The van der Waals surface area contributed by atoms with Crippen molar-refractivity contribution >= 4 is 16.3 Å². The van der Waals surface area contributed by atoms with Crippen molar-refractivity contribution in [2.75, 3.05) is 0 Å². The topological polar surface area (TPSA) is 0 Å². The van der Waals surface area contributed by atoms with Crippen molar-refractivity contribution in [3.63, 3.8) is 0 Å². The molecule has 0 aliphatic carbocycles. The van der Waals surface area contributed by atoms with Gasteiger partial charge in [-0.25, -0.2) is 0 Å². The van der Waals surface area contributed by atoms with Gasteiger partial charge in [-0.05, 0) is 12.0 Å². The molecule has 0 bridgehead atoms. The highest BCUT2D eigenvalue weighted by Gasteiger charge is 2.10. The minimum atomic E-state index is 0. The van der Waals surface area contributed by atoms with Crippen LogP contribution in [0, 0.1) is 0 Å². The normalized spacial score (nSPS) is 10.5. The summed E-state index contributed by atoms with van der Waals surface area (Å²) in [5.41, 5.74) is 1.47. The number of benzene rings is 1. The van der Waals surface area contributed by atoms with E-state index in [2.05, 4.69) is 44.2 Å². The summed E-state index contributed by atoms with van der Waals surface area (Å²) >= 11 is 1.26. The van der Waals surface area contributed by atoms with Crippen molar-refractivity contribution in [2.45, 2.75) is 24.5 Å². The van der Waals surface area contributed by atoms with Gasteiger partial charge in [-0.15, -0.1) is 0 Å². The maximum atomic E-state index is 2.33. The Balaban J connectivity index is 0.00000121. The zero-order valence-corrected chi connectivity index (χ0v) is 10.0. The van der Waals surface area contributed by atoms with Crippen molar-refractivity contribution in [1.82, 2.24) is 0 Å². The summed E-state index contributed by atoms with van der Waals surface area (Å²) in [4.78, 5) is 0. The van der Waals surface area contributed by atoms with E-state index in [4.69, 9.17) is 0 Å². The van der Waals surface area contributed by atoms with E-state index in [1.165, 1.54) is 28.3 Å². The quantitative estimate of drug-likeness (QED) is 0.615. The Morgan fingerprint density at radius 1 is 1.17 bits per heavy atom. The molecule has 0 unspecified atom stereocenters. The molecule has 0 saturated carbocycles. The molecule has 1 aromatic carbocycles. The Morgan fingerprint density at radius 3 is 2.08 bits per heavy atom. The Labute approximate surface area is 81.8 Å². The van der Waals surface area contributed by atoms with E-state index in [-0.39, 0.29) is 4.70 Å². The molecule has 1 rings (SSSR count). The maximum Gasteiger partial charge on any atom is 0.221 e. The molecule has 0 amide bonds. The molecule has 0 fully saturated rings. The second-order valence-corrected chi connectivity index (χ2v) is 6.93. The van der Waals surface area contributed by atoms with Crippen molar-refractivity contribution in [1.29, 1.82) is 0 Å². The van der Waals surface area contributed by atoms with E-state index in [1.807, 2.05) is 0 Å². The van der Waals surface area contributed by atoms with Crippen LogP contribution in [0.25, 0.3) is 0 Å². The van der Waals surface area contributed by atoms with Crippen LogP contribution in [0.4, 0.5) is 4.70 Å². The number of hydrogen-bond donors (Lipinski definition) is 0. The lowest BCUT2D eigenvalue weighted by Gasteiger charge is -2.17. The van der Waals surface area contributed by atoms with Gasteiger partial charge in [0.05, 0.1) is 0 Å². The average Bonchev–Trinajstić information content (AvgIpc) is 1.85. The van der Waals surface area contributed by atoms with Crippen molar-refractivity contribution in [3.8, 4) is 0 Å². The highest BCUT2D eigenvalue weighted by Crippen LogP contribution is 2.23. The molecule has 0 N–H and O–H groups in total. The van der Waals surface area contributed by atoms with Crippen molar-refractivity contribution in [2.24, 2.45) is 0 Å². The maximum absolute atomic E-state index is 2.33. The lowest BCUT2D eigenvalue weighted by Crippen LogP contribution is -2.05. The Kier molecular flexibility index (Phi) is 4.52. The monoisotopic (exact) mass is 182 g/mol. The van der Waals surface area contributed by atoms with Gasteiger partial charge < -0.3 is 0 Å². The van der Waals surface area contributed by atoms with E-state index in [0.717, 1.165) is 0 Å². The van der Waals surface area contributed by atoms with Gasteiger partial charge in [0.2, 0.25) is 16.3 Å². The molecule has 0 atom stereocenters. The summed E-state index contributed by atoms with van der Waals surface area (Å²) in [6.07, 6.45) is 1.22. The molecule has 0 saturated heterocycles. The van der Waals surface area contributed by atoms with Gasteiger partial charge in [-0.1, -0.05) is 48.5 Å². The van der Waals surface area contributed by atoms with E-state index < -0.39 is 0 Å². The summed E-state index contributed by atoms with van der Waals surface area (Å²) in [7, 11) is 0. The van der Waals surface area contributed by atoms with Gasteiger partial charge in [0.15, 0.2) is 0 Å². The van der Waals surface area contributed by atoms with Gasteiger partial charge in [-0.2, -0.15) is 0 Å². The third kappa shape index (κ3) is 4.54. The summed E-state index contributed by atoms with van der Waals surface area (Å²) in [6, 6.07) is 10.7. The fourth-order valence-electron chi connectivity index (χ4n) is 1.21. The Morgan fingerprint density at radius 2 is 1.67 bits per heavy atom. The average molecular weight is 182 g/mol. The van der Waals surface area contributed by atoms with Crippen molar-refractivity contribution < 1.29 is 4.70 Å². The predicted octanol–water partition coefficient (Wildman–Crippen LogP) is 2.21. The summed E-state index contributed by atoms with van der Waals surface area (Å²) in [5.74, 6) is 0. The van der Waals surface area contributed by atoms with E-state index in [1.54, 1.807) is 0 Å². The molecule has 66 valence electrons. The fourth-order valence-corrected chi connectivity index (χ4v) is 1.62. The van der Waals surface area contributed by atoms with Crippen LogP contribution in [-0.4, -0.2) is 16.3 Å². The highest BCUT2D eigenvalue weighted by molar-refractivity contribution is 6.14. The van der Waals surface area contributed by atoms with Gasteiger partial charge in [0.25, 0.3) is 0 Å². The summed E-state index contributed by atoms with van der Waals surface area (Å²) in [6.45, 7) is 4.65. The summed E-state index contributed by atoms with van der Waals surface area (Å²) in [5, 5.41) is 0. The second-order valence-electron chi connectivity index (χ2n) is 4.22. The smallest absolute Gasteiger partial charge is 0.221 e. The summed E-state index contributed by atoms with van der Waals surface area (Å²) < 4.78 is 0.543. The van der Waals surface area contributed by atoms with Gasteiger partial charge in [0.1, 0.15) is 0 Å². The van der Waals surface area contributed by atoms with Crippen molar-refractivity contribution in [3.05, 3.63) is 35.9 Å². The highest BCUT2D eigenvalue weighted by atomic mass is 27.0. The first kappa shape index (κ1) is 11.7. The molecule has 0 nitrogen and oxygen atoms in total. The molecular formula is C10H16AlF. The van der Waals surface area contributed by atoms with E-state index >= 15 is 0 Å². The van der Waals surface area contributed by atoms with Crippen LogP contribution in [0.15, 0.2) is 30.3 Å². The standard InChI is InChI=1S/C10H13.Al.FH.2H/c1-9(2)8-10-6-4-3-5-7-10;;;;/h3-7H,8H2,1-2H3;;1H;;. The zero-order chi connectivity index (χ0) is 8.32. The molecule has 0 spiro atoms. The van der Waals surface area contributed by atoms with Gasteiger partial charge >= 0.3 is 0 Å². The van der Waals surface area contributed by atoms with Crippen LogP contribution in [-0.2, 0) is 6.42 Å². The van der Waals surface area contributed by atoms with Crippen LogP contribution < -0.4 is 0 Å². The molecular weight excluding hydrogens is 166 g/mol. The molecule has 2 heteroatoms. The largest absolute Gasteiger partial charge is 0.269 e. The fraction of sp³-hybridized carbons (Fsp3) is 0.400. The van der Waals surface area contributed by atoms with Crippen LogP contribution in [0.3, 0.4) is 0 Å². The zero-order valence-electron chi connectivity index (χ0n) is 8.00. The Bertz CT molecular complexity index is 213. The second kappa shape index (κ2) is 4.65. The first-order chi connectivity index (χ1) is 5.08. The van der Waals surface area contributed by atoms with Crippen LogP contribution >= 0.6 is 0 Å². The molecule has 0 radical (unpaired) electrons. The van der Waals surface area contributed by atoms with Crippen LogP contribution in [0.2, 0.25) is 4.28 Å². The molecule has 0 aliphatic rings. The minimum Gasteiger partial charge on any atom is -0.269 e. The lowest BCUT2D eigenvalue weighted by molar-refractivity contribution is 0.676. The first-order valence-corrected chi connectivity index (χ1v) is 5.12. The third-order valence-electron chi connectivity index (χ3n) is 1.58. The lowest BCUT2D eigenvalue weighted by atomic mass is 10.0. The Hall–Kier alpha value is -0.318. The van der Waals surface area contributed by atoms with E-state index in [0.29, 0.717) is 4.28 Å². The number of rotatable bonds is 2. The van der Waals surface area contributed by atoms with Crippen LogP contribution in [0.5, 0.6) is 0 Å². The molecule has 1 aromatic rings. The number of hydrogen-bond acceptors (Lipinski definition) is 0. The molecule has 12 heavy (non-hydrogen) atoms. The minimum absolute atomic E-state index is 0. The van der Waals surface area contributed by atoms with Crippen LogP contribution in [0.1, 0.15) is 19.4 Å². The predicted molar refractivity (Wildman–Crippen MR) is 55.2 cm³/mol. The number of halogens is 1. The van der Waals surface area contributed by atoms with E-state index in [9.17, 15) is 0 Å². The van der Waals surface area contributed by atoms with Gasteiger partial charge in [0, 0.05) is 0 Å².